The van der Waals surface area contributed by atoms with Gasteiger partial charge in [0.1, 0.15) is 17.1 Å². The number of nitrogens with one attached hydrogen (secondary N) is 1. The number of anilines is 1. The topological polar surface area (TPSA) is 48.6 Å². The van der Waals surface area contributed by atoms with Crippen LogP contribution in [-0.2, 0) is 18.6 Å². The number of aryl methyl sites for hydroxylation is 1. The zero-order chi connectivity index (χ0) is 15.7. The summed E-state index contributed by atoms with van der Waals surface area (Å²) in [7, 11) is 2.13. The zero-order valence-corrected chi connectivity index (χ0v) is 13.5. The molecule has 0 spiro atoms. The average molecular weight is 300 g/mol. The van der Waals surface area contributed by atoms with Gasteiger partial charge in [0.2, 0.25) is 0 Å². The molecule has 1 atom stereocenters. The maximum absolute atomic E-state index is 10.5. The summed E-state index contributed by atoms with van der Waals surface area (Å²) in [5.74, 6) is 1.42. The van der Waals surface area contributed by atoms with E-state index in [9.17, 15) is 5.11 Å². The van der Waals surface area contributed by atoms with Crippen LogP contribution >= 0.6 is 0 Å². The molecule has 0 radical (unpaired) electrons. The van der Waals surface area contributed by atoms with Gasteiger partial charge in [0.05, 0.1) is 0 Å². The highest BCUT2D eigenvalue weighted by molar-refractivity contribution is 5.58. The number of nitrogens with zero attached hydrogens (tertiary/aromatic N) is 1. The maximum atomic E-state index is 10.5. The number of aliphatic hydroxyl groups is 1. The summed E-state index contributed by atoms with van der Waals surface area (Å²) in [6.07, 6.45) is 1.11. The molecule has 0 amide bonds. The Kier molecular flexibility index (Phi) is 3.98. The van der Waals surface area contributed by atoms with Crippen molar-refractivity contribution in [3.8, 4) is 0 Å². The van der Waals surface area contributed by atoms with E-state index < -0.39 is 5.60 Å². The molecule has 0 aliphatic carbocycles. The third-order valence-electron chi connectivity index (χ3n) is 4.34. The Bertz CT molecular complexity index is 661. The van der Waals surface area contributed by atoms with Gasteiger partial charge in [-0.1, -0.05) is 12.1 Å². The highest BCUT2D eigenvalue weighted by atomic mass is 16.4. The van der Waals surface area contributed by atoms with Crippen molar-refractivity contribution < 1.29 is 9.52 Å². The first-order chi connectivity index (χ1) is 10.5. The zero-order valence-electron chi connectivity index (χ0n) is 13.5. The van der Waals surface area contributed by atoms with Crippen molar-refractivity contribution in [2.75, 3.05) is 25.0 Å². The minimum absolute atomic E-state index is 0.455. The highest BCUT2D eigenvalue weighted by Gasteiger charge is 2.26. The molecule has 3 rings (SSSR count). The predicted octanol–water partition coefficient (Wildman–Crippen LogP) is 2.58. The van der Waals surface area contributed by atoms with Gasteiger partial charge in [-0.2, -0.15) is 0 Å². The molecule has 0 saturated heterocycles. The van der Waals surface area contributed by atoms with E-state index in [0.717, 1.165) is 25.3 Å². The molecule has 4 heteroatoms. The molecule has 0 bridgehead atoms. The Morgan fingerprint density at radius 2 is 2.14 bits per heavy atom. The van der Waals surface area contributed by atoms with E-state index >= 15 is 0 Å². The molecule has 1 aliphatic rings. The Balaban J connectivity index is 1.59. The first-order valence-electron chi connectivity index (χ1n) is 7.79. The van der Waals surface area contributed by atoms with Crippen LogP contribution in [0.25, 0.3) is 0 Å². The molecule has 0 fully saturated rings. The first kappa shape index (κ1) is 15.1. The fourth-order valence-corrected chi connectivity index (χ4v) is 2.99. The van der Waals surface area contributed by atoms with Gasteiger partial charge in [-0.05, 0) is 49.6 Å². The van der Waals surface area contributed by atoms with Crippen LogP contribution < -0.4 is 10.2 Å². The van der Waals surface area contributed by atoms with Crippen LogP contribution in [0.3, 0.4) is 0 Å². The van der Waals surface area contributed by atoms with Gasteiger partial charge < -0.3 is 19.7 Å². The fraction of sp³-hybridized carbons (Fsp3) is 0.444. The van der Waals surface area contributed by atoms with Crippen LogP contribution in [0, 0.1) is 6.92 Å². The molecular weight excluding hydrogens is 276 g/mol. The number of furan rings is 1. The predicted molar refractivity (Wildman–Crippen MR) is 88.1 cm³/mol. The lowest BCUT2D eigenvalue weighted by atomic mass is 10.0. The quantitative estimate of drug-likeness (QED) is 0.891. The van der Waals surface area contributed by atoms with Crippen molar-refractivity contribution >= 4 is 5.69 Å². The number of rotatable bonds is 5. The maximum Gasteiger partial charge on any atom is 0.136 e. The average Bonchev–Trinajstić information content (AvgIpc) is 3.06. The minimum Gasteiger partial charge on any atom is -0.463 e. The van der Waals surface area contributed by atoms with Crippen LogP contribution in [0.1, 0.15) is 29.6 Å². The van der Waals surface area contributed by atoms with Crippen molar-refractivity contribution in [3.05, 3.63) is 53.0 Å². The normalized spacial score (nSPS) is 16.6. The molecule has 0 saturated carbocycles. The number of benzene rings is 1. The van der Waals surface area contributed by atoms with Crippen LogP contribution in [0.5, 0.6) is 0 Å². The monoisotopic (exact) mass is 300 g/mol. The third kappa shape index (κ3) is 3.03. The van der Waals surface area contributed by atoms with Crippen LogP contribution in [0.15, 0.2) is 34.7 Å². The number of likely N-dealkylation sites (N-methyl/N-ethyl adjacent to an activating group) is 1. The van der Waals surface area contributed by atoms with Crippen molar-refractivity contribution in [1.82, 2.24) is 5.32 Å². The SMILES string of the molecule is Cc1ccc(C(C)(O)CNCc2ccc3c(c2)CCN3C)o1. The first-order valence-corrected chi connectivity index (χ1v) is 7.79. The second kappa shape index (κ2) is 5.78. The van der Waals surface area contributed by atoms with Gasteiger partial charge in [-0.3, -0.25) is 0 Å². The molecule has 2 N–H and O–H groups in total. The molecule has 1 aromatic carbocycles. The standard InChI is InChI=1S/C18H24N2O2/c1-13-4-7-17(22-13)18(2,21)12-19-11-14-5-6-16-15(10-14)8-9-20(16)3/h4-7,10,19,21H,8-9,11-12H2,1-3H3. The minimum atomic E-state index is -0.995. The van der Waals surface area contributed by atoms with Crippen molar-refractivity contribution in [2.45, 2.75) is 32.4 Å². The lowest BCUT2D eigenvalue weighted by molar-refractivity contribution is 0.0333. The molecule has 4 nitrogen and oxygen atoms in total. The molecule has 1 unspecified atom stereocenters. The smallest absolute Gasteiger partial charge is 0.136 e. The number of hydrogen-bond donors (Lipinski definition) is 2. The highest BCUT2D eigenvalue weighted by Crippen LogP contribution is 2.27. The Labute approximate surface area is 131 Å². The largest absolute Gasteiger partial charge is 0.463 e. The van der Waals surface area contributed by atoms with Gasteiger partial charge in [0.25, 0.3) is 0 Å². The van der Waals surface area contributed by atoms with E-state index in [4.69, 9.17) is 4.42 Å². The van der Waals surface area contributed by atoms with Crippen LogP contribution in [0.2, 0.25) is 0 Å². The van der Waals surface area contributed by atoms with E-state index in [-0.39, 0.29) is 0 Å². The number of hydrogen-bond acceptors (Lipinski definition) is 4. The summed E-state index contributed by atoms with van der Waals surface area (Å²) < 4.78 is 5.53. The van der Waals surface area contributed by atoms with E-state index in [0.29, 0.717) is 12.3 Å². The summed E-state index contributed by atoms with van der Waals surface area (Å²) in [4.78, 5) is 2.29. The van der Waals surface area contributed by atoms with E-state index in [1.807, 2.05) is 19.1 Å². The van der Waals surface area contributed by atoms with Crippen molar-refractivity contribution in [2.24, 2.45) is 0 Å². The number of fused-ring (bicyclic) bond motifs is 1. The van der Waals surface area contributed by atoms with Gasteiger partial charge >= 0.3 is 0 Å². The summed E-state index contributed by atoms with van der Waals surface area (Å²) in [5, 5.41) is 13.8. The second-order valence-corrected chi connectivity index (χ2v) is 6.42. The summed E-state index contributed by atoms with van der Waals surface area (Å²) in [6, 6.07) is 10.3. The summed E-state index contributed by atoms with van der Waals surface area (Å²) in [5.41, 5.74) is 3.00. The Morgan fingerprint density at radius 1 is 1.32 bits per heavy atom. The molecule has 2 heterocycles. The van der Waals surface area contributed by atoms with E-state index in [1.165, 1.54) is 16.8 Å². The van der Waals surface area contributed by atoms with Gasteiger partial charge in [-0.25, -0.2) is 0 Å². The third-order valence-corrected chi connectivity index (χ3v) is 4.34. The van der Waals surface area contributed by atoms with Crippen molar-refractivity contribution in [3.63, 3.8) is 0 Å². The van der Waals surface area contributed by atoms with Gasteiger partial charge in [0.15, 0.2) is 0 Å². The molecule has 1 aliphatic heterocycles. The lowest BCUT2D eigenvalue weighted by Crippen LogP contribution is -2.34. The van der Waals surface area contributed by atoms with E-state index in [2.05, 4.69) is 35.5 Å². The second-order valence-electron chi connectivity index (χ2n) is 6.42. The van der Waals surface area contributed by atoms with Gasteiger partial charge in [0, 0.05) is 32.4 Å². The summed E-state index contributed by atoms with van der Waals surface area (Å²) >= 11 is 0. The van der Waals surface area contributed by atoms with Crippen LogP contribution in [-0.4, -0.2) is 25.2 Å². The molecular formula is C18H24N2O2. The van der Waals surface area contributed by atoms with Gasteiger partial charge in [-0.15, -0.1) is 0 Å². The van der Waals surface area contributed by atoms with Crippen LogP contribution in [0.4, 0.5) is 5.69 Å². The fourth-order valence-electron chi connectivity index (χ4n) is 2.99. The lowest BCUT2D eigenvalue weighted by Gasteiger charge is -2.21. The molecule has 2 aromatic rings. The molecule has 118 valence electrons. The summed E-state index contributed by atoms with van der Waals surface area (Å²) in [6.45, 7) is 5.95. The van der Waals surface area contributed by atoms with E-state index in [1.54, 1.807) is 6.92 Å². The van der Waals surface area contributed by atoms with Crippen molar-refractivity contribution in [1.29, 1.82) is 0 Å². The molecule has 22 heavy (non-hydrogen) atoms. The Morgan fingerprint density at radius 3 is 2.86 bits per heavy atom. The molecule has 1 aromatic heterocycles. The Hall–Kier alpha value is -1.78.